The Balaban J connectivity index is 1.31. The Labute approximate surface area is 193 Å². The normalized spacial score (nSPS) is 22.8. The molecule has 2 aromatic carbocycles. The summed E-state index contributed by atoms with van der Waals surface area (Å²) in [7, 11) is 0. The van der Waals surface area contributed by atoms with Gasteiger partial charge in [0.1, 0.15) is 22.9 Å². The van der Waals surface area contributed by atoms with E-state index in [0.717, 1.165) is 0 Å². The van der Waals surface area contributed by atoms with Gasteiger partial charge in [0.25, 0.3) is 0 Å². The zero-order chi connectivity index (χ0) is 23.9. The number of ether oxygens (including phenoxy) is 1. The number of alkyl halides is 1. The van der Waals surface area contributed by atoms with Gasteiger partial charge in [-0.15, -0.1) is 0 Å². The smallest absolute Gasteiger partial charge is 0.407 e. The quantitative estimate of drug-likeness (QED) is 0.552. The Hall–Kier alpha value is -3.73. The molecule has 0 radical (unpaired) electrons. The van der Waals surface area contributed by atoms with Gasteiger partial charge in [0.15, 0.2) is 11.9 Å². The van der Waals surface area contributed by atoms with Crippen LogP contribution in [0, 0.1) is 5.82 Å². The molecule has 2 fully saturated rings. The number of nitrogens with zero attached hydrogens (tertiary/aromatic N) is 3. The lowest BCUT2D eigenvalue weighted by Gasteiger charge is -2.39. The number of rotatable bonds is 5. The molecule has 9 nitrogen and oxygen atoms in total. The number of aromatic nitrogens is 1. The molecule has 3 atom stereocenters. The van der Waals surface area contributed by atoms with Gasteiger partial charge in [0.2, 0.25) is 5.91 Å². The molecule has 3 heterocycles. The molecule has 5 rings (SSSR count). The number of amides is 2. The molecule has 0 saturated carbocycles. The SMILES string of the molecule is CC(C(=O)NN1CCN(c2nc3ccc(F)cc3o2)C(F)C1)(c1ccccc1)C1CNC(=O)O1. The third kappa shape index (κ3) is 3.92. The van der Waals surface area contributed by atoms with Gasteiger partial charge in [0.05, 0.1) is 13.1 Å². The minimum Gasteiger partial charge on any atom is -0.443 e. The topological polar surface area (TPSA) is 99.9 Å². The Kier molecular flexibility index (Phi) is 5.56. The van der Waals surface area contributed by atoms with Crippen molar-refractivity contribution in [3.8, 4) is 0 Å². The van der Waals surface area contributed by atoms with Crippen molar-refractivity contribution in [3.63, 3.8) is 0 Å². The third-order valence-electron chi connectivity index (χ3n) is 6.33. The number of hydrazine groups is 1. The number of hydrogen-bond donors (Lipinski definition) is 2. The number of carbonyl (C=O) groups is 2. The number of alkyl carbamates (subject to hydrolysis) is 1. The van der Waals surface area contributed by atoms with E-state index in [1.54, 1.807) is 31.2 Å². The number of halogens is 2. The summed E-state index contributed by atoms with van der Waals surface area (Å²) in [6.45, 7) is 2.19. The number of hydrogen-bond acceptors (Lipinski definition) is 7. The summed E-state index contributed by atoms with van der Waals surface area (Å²) in [6, 6.07) is 13.0. The van der Waals surface area contributed by atoms with Crippen molar-refractivity contribution in [1.82, 2.24) is 20.7 Å². The largest absolute Gasteiger partial charge is 0.443 e. The van der Waals surface area contributed by atoms with E-state index in [4.69, 9.17) is 9.15 Å². The molecule has 3 unspecified atom stereocenters. The van der Waals surface area contributed by atoms with Crippen LogP contribution in [-0.4, -0.2) is 60.6 Å². The Morgan fingerprint density at radius 1 is 1.24 bits per heavy atom. The second-order valence-electron chi connectivity index (χ2n) is 8.47. The molecule has 2 amide bonds. The molecular weight excluding hydrogens is 448 g/mol. The summed E-state index contributed by atoms with van der Waals surface area (Å²) in [5.41, 5.74) is 2.92. The molecule has 2 aliphatic rings. The van der Waals surface area contributed by atoms with Crippen molar-refractivity contribution in [2.45, 2.75) is 24.7 Å². The Bertz CT molecular complexity index is 1220. The Morgan fingerprint density at radius 3 is 2.74 bits per heavy atom. The van der Waals surface area contributed by atoms with Crippen molar-refractivity contribution in [1.29, 1.82) is 0 Å². The van der Waals surface area contributed by atoms with E-state index in [0.29, 0.717) is 11.1 Å². The molecule has 2 saturated heterocycles. The van der Waals surface area contributed by atoms with Gasteiger partial charge in [-0.05, 0) is 24.6 Å². The van der Waals surface area contributed by atoms with Crippen LogP contribution in [-0.2, 0) is 14.9 Å². The number of piperazine rings is 1. The summed E-state index contributed by atoms with van der Waals surface area (Å²) in [6.07, 6.45) is -2.85. The molecule has 2 aliphatic heterocycles. The first-order chi connectivity index (χ1) is 16.3. The van der Waals surface area contributed by atoms with Gasteiger partial charge in [0, 0.05) is 19.2 Å². The van der Waals surface area contributed by atoms with Crippen molar-refractivity contribution in [2.24, 2.45) is 0 Å². The van der Waals surface area contributed by atoms with Crippen LogP contribution in [0.3, 0.4) is 0 Å². The van der Waals surface area contributed by atoms with Gasteiger partial charge >= 0.3 is 12.1 Å². The van der Waals surface area contributed by atoms with E-state index < -0.39 is 35.6 Å². The lowest BCUT2D eigenvalue weighted by Crippen LogP contribution is -2.61. The number of carbonyl (C=O) groups excluding carboxylic acids is 2. The number of nitrogens with one attached hydrogen (secondary N) is 2. The maximum Gasteiger partial charge on any atom is 0.407 e. The van der Waals surface area contributed by atoms with Crippen molar-refractivity contribution in [3.05, 3.63) is 59.9 Å². The number of fused-ring (bicyclic) bond motifs is 1. The van der Waals surface area contributed by atoms with E-state index >= 15 is 4.39 Å². The highest BCUT2D eigenvalue weighted by Gasteiger charge is 2.48. The van der Waals surface area contributed by atoms with E-state index in [2.05, 4.69) is 15.7 Å². The van der Waals surface area contributed by atoms with Gasteiger partial charge in [-0.3, -0.25) is 15.1 Å². The third-order valence-corrected chi connectivity index (χ3v) is 6.33. The monoisotopic (exact) mass is 471 g/mol. The van der Waals surface area contributed by atoms with E-state index in [9.17, 15) is 14.0 Å². The van der Waals surface area contributed by atoms with Crippen LogP contribution in [0.15, 0.2) is 52.9 Å². The van der Waals surface area contributed by atoms with Gasteiger partial charge in [-0.25, -0.2) is 18.6 Å². The average molecular weight is 471 g/mol. The Morgan fingerprint density at radius 2 is 2.03 bits per heavy atom. The van der Waals surface area contributed by atoms with Crippen LogP contribution in [0.5, 0.6) is 0 Å². The predicted molar refractivity (Wildman–Crippen MR) is 118 cm³/mol. The van der Waals surface area contributed by atoms with Crippen molar-refractivity contribution >= 4 is 29.1 Å². The molecule has 178 valence electrons. The van der Waals surface area contributed by atoms with Gasteiger partial charge in [-0.1, -0.05) is 30.3 Å². The zero-order valence-electron chi connectivity index (χ0n) is 18.3. The lowest BCUT2D eigenvalue weighted by atomic mass is 9.76. The summed E-state index contributed by atoms with van der Waals surface area (Å²) in [5.74, 6) is -0.887. The van der Waals surface area contributed by atoms with Crippen LogP contribution in [0.1, 0.15) is 12.5 Å². The minimum absolute atomic E-state index is 0.0529. The van der Waals surface area contributed by atoms with E-state index in [1.165, 1.54) is 28.1 Å². The predicted octanol–water partition coefficient (Wildman–Crippen LogP) is 2.48. The highest BCUT2D eigenvalue weighted by molar-refractivity contribution is 5.89. The molecule has 0 aliphatic carbocycles. The van der Waals surface area contributed by atoms with Crippen LogP contribution in [0.4, 0.5) is 19.6 Å². The van der Waals surface area contributed by atoms with Crippen molar-refractivity contribution < 1.29 is 27.5 Å². The molecule has 34 heavy (non-hydrogen) atoms. The number of oxazole rings is 1. The summed E-state index contributed by atoms with van der Waals surface area (Å²) in [5, 5.41) is 4.07. The van der Waals surface area contributed by atoms with Crippen LogP contribution in [0.2, 0.25) is 0 Å². The van der Waals surface area contributed by atoms with Crippen LogP contribution < -0.4 is 15.6 Å². The summed E-state index contributed by atoms with van der Waals surface area (Å²) < 4.78 is 39.4. The first-order valence-corrected chi connectivity index (χ1v) is 10.9. The summed E-state index contributed by atoms with van der Waals surface area (Å²) >= 11 is 0. The van der Waals surface area contributed by atoms with Gasteiger partial charge in [-0.2, -0.15) is 4.98 Å². The molecule has 2 N–H and O–H groups in total. The molecular formula is C23H23F2N5O4. The van der Waals surface area contributed by atoms with Gasteiger partial charge < -0.3 is 14.5 Å². The van der Waals surface area contributed by atoms with Crippen LogP contribution >= 0.6 is 0 Å². The molecule has 0 bridgehead atoms. The first kappa shape index (κ1) is 22.1. The highest BCUT2D eigenvalue weighted by Crippen LogP contribution is 2.32. The van der Waals surface area contributed by atoms with E-state index in [-0.39, 0.29) is 37.8 Å². The zero-order valence-corrected chi connectivity index (χ0v) is 18.3. The first-order valence-electron chi connectivity index (χ1n) is 10.9. The second-order valence-corrected chi connectivity index (χ2v) is 8.47. The minimum atomic E-state index is -1.53. The van der Waals surface area contributed by atoms with E-state index in [1.807, 2.05) is 6.07 Å². The van der Waals surface area contributed by atoms with Crippen molar-refractivity contribution in [2.75, 3.05) is 31.1 Å². The molecule has 3 aromatic rings. The average Bonchev–Trinajstić information content (AvgIpc) is 3.45. The van der Waals surface area contributed by atoms with Crippen LogP contribution in [0.25, 0.3) is 11.1 Å². The fraction of sp³-hybridized carbons (Fsp3) is 0.348. The number of anilines is 1. The highest BCUT2D eigenvalue weighted by atomic mass is 19.1. The molecule has 1 aromatic heterocycles. The second kappa shape index (κ2) is 8.56. The number of benzene rings is 2. The standard InChI is InChI=1S/C23H23F2N5O4/c1-23(14-5-3-2-4-6-14,18-12-26-22(32)34-18)20(31)28-29-9-10-30(19(25)13-29)21-27-16-8-7-15(24)11-17(16)33-21/h2-8,11,18-19H,9-10,12-13H2,1H3,(H,26,32)(H,28,31). The fourth-order valence-electron chi connectivity index (χ4n) is 4.28. The fourth-order valence-corrected chi connectivity index (χ4v) is 4.28. The summed E-state index contributed by atoms with van der Waals surface area (Å²) in [4.78, 5) is 30.7. The maximum absolute atomic E-state index is 15.1. The molecule has 11 heteroatoms. The maximum atomic E-state index is 15.1. The molecule has 0 spiro atoms. The lowest BCUT2D eigenvalue weighted by molar-refractivity contribution is -0.135. The number of cyclic esters (lactones) is 1.